The quantitative estimate of drug-likeness (QED) is 0.551. The van der Waals surface area contributed by atoms with Crippen molar-refractivity contribution in [3.63, 3.8) is 0 Å². The number of carbonyl (C=O) groups excluding carboxylic acids is 1. The SMILES string of the molecule is O=Cc1cn(Cc2ccccc2Br)nc1-c1ccc(Br)s1. The highest BCUT2D eigenvalue weighted by atomic mass is 79.9. The van der Waals surface area contributed by atoms with Crippen molar-refractivity contribution in [1.82, 2.24) is 9.78 Å². The fraction of sp³-hybridized carbons (Fsp3) is 0.0667. The molecule has 0 fully saturated rings. The zero-order valence-corrected chi connectivity index (χ0v) is 14.8. The molecule has 0 atom stereocenters. The number of thiophene rings is 1. The Balaban J connectivity index is 1.96. The van der Waals surface area contributed by atoms with Gasteiger partial charge in [-0.25, -0.2) is 0 Å². The summed E-state index contributed by atoms with van der Waals surface area (Å²) < 4.78 is 3.86. The van der Waals surface area contributed by atoms with E-state index in [2.05, 4.69) is 37.0 Å². The van der Waals surface area contributed by atoms with Gasteiger partial charge >= 0.3 is 0 Å². The Morgan fingerprint density at radius 2 is 2.00 bits per heavy atom. The van der Waals surface area contributed by atoms with E-state index >= 15 is 0 Å². The van der Waals surface area contributed by atoms with Gasteiger partial charge < -0.3 is 0 Å². The van der Waals surface area contributed by atoms with Crippen LogP contribution >= 0.6 is 43.2 Å². The smallest absolute Gasteiger partial charge is 0.153 e. The normalized spacial score (nSPS) is 10.8. The molecule has 0 aliphatic heterocycles. The standard InChI is InChI=1S/C15H10Br2N2OS/c16-12-4-2-1-3-10(12)7-19-8-11(9-20)15(18-19)13-5-6-14(17)21-13/h1-6,8-9H,7H2. The highest BCUT2D eigenvalue weighted by molar-refractivity contribution is 9.11. The first-order chi connectivity index (χ1) is 10.2. The lowest BCUT2D eigenvalue weighted by Gasteiger charge is -2.04. The second-order valence-corrected chi connectivity index (χ2v) is 7.76. The molecular weight excluding hydrogens is 416 g/mol. The number of nitrogens with zero attached hydrogens (tertiary/aromatic N) is 2. The van der Waals surface area contributed by atoms with Crippen LogP contribution in [0.2, 0.25) is 0 Å². The Hall–Kier alpha value is -1.24. The maximum absolute atomic E-state index is 11.3. The minimum Gasteiger partial charge on any atom is -0.298 e. The Morgan fingerprint density at radius 3 is 2.67 bits per heavy atom. The van der Waals surface area contributed by atoms with Crippen LogP contribution in [0.3, 0.4) is 0 Å². The predicted octanol–water partition coefficient (Wildman–Crippen LogP) is 5.00. The van der Waals surface area contributed by atoms with Gasteiger partial charge in [0, 0.05) is 10.7 Å². The van der Waals surface area contributed by atoms with Gasteiger partial charge in [0.2, 0.25) is 0 Å². The van der Waals surface area contributed by atoms with Gasteiger partial charge in [0.25, 0.3) is 0 Å². The van der Waals surface area contributed by atoms with Crippen molar-refractivity contribution in [3.8, 4) is 10.6 Å². The fourth-order valence-corrected chi connectivity index (χ4v) is 3.84. The van der Waals surface area contributed by atoms with Gasteiger partial charge in [-0.3, -0.25) is 9.48 Å². The highest BCUT2D eigenvalue weighted by Crippen LogP contribution is 2.32. The first kappa shape index (κ1) is 14.7. The van der Waals surface area contributed by atoms with E-state index in [0.717, 1.165) is 30.7 Å². The number of aldehydes is 1. The lowest BCUT2D eigenvalue weighted by molar-refractivity contribution is 0.112. The summed E-state index contributed by atoms with van der Waals surface area (Å²) in [6, 6.07) is 11.9. The first-order valence-corrected chi connectivity index (χ1v) is 8.59. The Kier molecular flexibility index (Phi) is 4.37. The highest BCUT2D eigenvalue weighted by Gasteiger charge is 2.13. The fourth-order valence-electron chi connectivity index (χ4n) is 2.04. The van der Waals surface area contributed by atoms with E-state index < -0.39 is 0 Å². The van der Waals surface area contributed by atoms with Crippen molar-refractivity contribution < 1.29 is 4.79 Å². The van der Waals surface area contributed by atoms with Gasteiger partial charge in [-0.05, 0) is 39.7 Å². The third-order valence-electron chi connectivity index (χ3n) is 3.01. The number of benzene rings is 1. The predicted molar refractivity (Wildman–Crippen MR) is 91.9 cm³/mol. The Bertz CT molecular complexity index is 795. The molecule has 21 heavy (non-hydrogen) atoms. The van der Waals surface area contributed by atoms with Crippen molar-refractivity contribution in [2.75, 3.05) is 0 Å². The third kappa shape index (κ3) is 3.17. The molecule has 2 heterocycles. The average molecular weight is 426 g/mol. The minimum atomic E-state index is 0.608. The molecule has 3 aromatic rings. The van der Waals surface area contributed by atoms with Crippen molar-refractivity contribution in [3.05, 3.63) is 62.0 Å². The van der Waals surface area contributed by atoms with E-state index in [1.807, 2.05) is 36.4 Å². The molecule has 0 unspecified atom stereocenters. The average Bonchev–Trinajstić information content (AvgIpc) is 3.07. The second-order valence-electron chi connectivity index (χ2n) is 4.44. The van der Waals surface area contributed by atoms with Gasteiger partial charge in [0.1, 0.15) is 5.69 Å². The molecular formula is C15H10Br2N2OS. The van der Waals surface area contributed by atoms with Crippen molar-refractivity contribution in [1.29, 1.82) is 0 Å². The molecule has 0 aliphatic carbocycles. The van der Waals surface area contributed by atoms with Crippen LogP contribution < -0.4 is 0 Å². The Labute approximate surface area is 142 Å². The second kappa shape index (κ2) is 6.25. The summed E-state index contributed by atoms with van der Waals surface area (Å²) in [6.45, 7) is 0.620. The summed E-state index contributed by atoms with van der Waals surface area (Å²) in [5.74, 6) is 0. The summed E-state index contributed by atoms with van der Waals surface area (Å²) >= 11 is 8.53. The molecule has 0 spiro atoms. The molecule has 0 N–H and O–H groups in total. The topological polar surface area (TPSA) is 34.9 Å². The van der Waals surface area contributed by atoms with Crippen LogP contribution in [0.15, 0.2) is 50.9 Å². The maximum atomic E-state index is 11.3. The summed E-state index contributed by atoms with van der Waals surface area (Å²) in [7, 11) is 0. The largest absolute Gasteiger partial charge is 0.298 e. The van der Waals surface area contributed by atoms with E-state index in [9.17, 15) is 4.79 Å². The van der Waals surface area contributed by atoms with Crippen LogP contribution in [0.1, 0.15) is 15.9 Å². The first-order valence-electron chi connectivity index (χ1n) is 6.19. The monoisotopic (exact) mass is 424 g/mol. The molecule has 0 saturated heterocycles. The molecule has 0 bridgehead atoms. The molecule has 0 aliphatic rings. The summed E-state index contributed by atoms with van der Waals surface area (Å²) in [6.07, 6.45) is 2.64. The van der Waals surface area contributed by atoms with E-state index in [1.165, 1.54) is 0 Å². The van der Waals surface area contributed by atoms with E-state index in [1.54, 1.807) is 22.2 Å². The maximum Gasteiger partial charge on any atom is 0.153 e. The van der Waals surface area contributed by atoms with Crippen LogP contribution in [0.25, 0.3) is 10.6 Å². The molecule has 3 nitrogen and oxygen atoms in total. The summed E-state index contributed by atoms with van der Waals surface area (Å²) in [5.41, 5.74) is 2.46. The molecule has 2 aromatic heterocycles. The number of hydrogen-bond acceptors (Lipinski definition) is 3. The Morgan fingerprint density at radius 1 is 1.19 bits per heavy atom. The zero-order valence-electron chi connectivity index (χ0n) is 10.8. The van der Waals surface area contributed by atoms with Gasteiger partial charge in [0.15, 0.2) is 6.29 Å². The number of rotatable bonds is 4. The van der Waals surface area contributed by atoms with Crippen LogP contribution in [-0.4, -0.2) is 16.1 Å². The van der Waals surface area contributed by atoms with E-state index in [-0.39, 0.29) is 0 Å². The minimum absolute atomic E-state index is 0.608. The zero-order chi connectivity index (χ0) is 14.8. The molecule has 6 heteroatoms. The van der Waals surface area contributed by atoms with Gasteiger partial charge in [0.05, 0.1) is 20.8 Å². The van der Waals surface area contributed by atoms with E-state index in [0.29, 0.717) is 12.1 Å². The lowest BCUT2D eigenvalue weighted by Crippen LogP contribution is -2.00. The summed E-state index contributed by atoms with van der Waals surface area (Å²) in [5, 5.41) is 4.56. The third-order valence-corrected chi connectivity index (χ3v) is 5.42. The number of carbonyl (C=O) groups is 1. The van der Waals surface area contributed by atoms with Crippen molar-refractivity contribution in [2.45, 2.75) is 6.54 Å². The lowest BCUT2D eigenvalue weighted by atomic mass is 10.2. The number of hydrogen-bond donors (Lipinski definition) is 0. The van der Waals surface area contributed by atoms with Crippen LogP contribution in [0.4, 0.5) is 0 Å². The van der Waals surface area contributed by atoms with Crippen molar-refractivity contribution in [2.24, 2.45) is 0 Å². The molecule has 3 rings (SSSR count). The van der Waals surface area contributed by atoms with Gasteiger partial charge in [-0.2, -0.15) is 5.10 Å². The number of aromatic nitrogens is 2. The molecule has 0 radical (unpaired) electrons. The van der Waals surface area contributed by atoms with Gasteiger partial charge in [-0.1, -0.05) is 34.1 Å². The van der Waals surface area contributed by atoms with Crippen LogP contribution in [-0.2, 0) is 6.54 Å². The van der Waals surface area contributed by atoms with Crippen LogP contribution in [0.5, 0.6) is 0 Å². The van der Waals surface area contributed by atoms with Crippen LogP contribution in [0, 0.1) is 0 Å². The molecule has 0 saturated carbocycles. The number of halogens is 2. The van der Waals surface area contributed by atoms with Gasteiger partial charge in [-0.15, -0.1) is 11.3 Å². The van der Waals surface area contributed by atoms with E-state index in [4.69, 9.17) is 0 Å². The molecule has 106 valence electrons. The summed E-state index contributed by atoms with van der Waals surface area (Å²) in [4.78, 5) is 12.3. The molecule has 0 amide bonds. The molecule has 1 aromatic carbocycles. The van der Waals surface area contributed by atoms with Crippen molar-refractivity contribution >= 4 is 49.5 Å².